The molecule has 0 fully saturated rings. The summed E-state index contributed by atoms with van der Waals surface area (Å²) in [5.74, 6) is 2.30. The summed E-state index contributed by atoms with van der Waals surface area (Å²) in [7, 11) is 7.02. The van der Waals surface area contributed by atoms with E-state index in [2.05, 4.69) is 9.98 Å². The highest BCUT2D eigenvalue weighted by Crippen LogP contribution is 2.32. The van der Waals surface area contributed by atoms with Gasteiger partial charge in [0.1, 0.15) is 22.3 Å². The van der Waals surface area contributed by atoms with Gasteiger partial charge in [-0.2, -0.15) is 4.73 Å². The van der Waals surface area contributed by atoms with Crippen molar-refractivity contribution >= 4 is 23.5 Å². The fourth-order valence-electron chi connectivity index (χ4n) is 3.18. The third-order valence-corrected chi connectivity index (χ3v) is 6.05. The molecule has 3 aromatic rings. The lowest BCUT2D eigenvalue weighted by molar-refractivity contribution is 0.0994. The fourth-order valence-corrected chi connectivity index (χ4v) is 4.18. The molecule has 0 radical (unpaired) electrons. The van der Waals surface area contributed by atoms with Gasteiger partial charge >= 0.3 is 0 Å². The van der Waals surface area contributed by atoms with Gasteiger partial charge in [0.15, 0.2) is 0 Å². The van der Waals surface area contributed by atoms with Gasteiger partial charge < -0.3 is 19.6 Å². The van der Waals surface area contributed by atoms with Crippen LogP contribution in [0.1, 0.15) is 27.3 Å². The lowest BCUT2D eigenvalue weighted by Crippen LogP contribution is -2.15. The van der Waals surface area contributed by atoms with Crippen LogP contribution in [0.15, 0.2) is 52.5 Å². The molecule has 9 heteroatoms. The van der Waals surface area contributed by atoms with Gasteiger partial charge in [-0.25, -0.2) is 9.98 Å². The number of carbonyl (C=O) groups is 1. The van der Waals surface area contributed by atoms with E-state index >= 15 is 0 Å². The van der Waals surface area contributed by atoms with Crippen molar-refractivity contribution in [2.45, 2.75) is 24.6 Å². The first-order chi connectivity index (χ1) is 15.7. The summed E-state index contributed by atoms with van der Waals surface area (Å²) < 4.78 is 11.8. The van der Waals surface area contributed by atoms with E-state index in [1.165, 1.54) is 11.8 Å². The van der Waals surface area contributed by atoms with Crippen LogP contribution in [0.5, 0.6) is 11.5 Å². The topological polar surface area (TPSA) is 89.2 Å². The van der Waals surface area contributed by atoms with Crippen LogP contribution in [0, 0.1) is 13.8 Å². The second-order valence-corrected chi connectivity index (χ2v) is 8.57. The molecule has 174 valence electrons. The first kappa shape index (κ1) is 24.2. The zero-order valence-corrected chi connectivity index (χ0v) is 20.4. The second-order valence-electron chi connectivity index (χ2n) is 7.61. The molecule has 0 aliphatic heterocycles. The Kier molecular flexibility index (Phi) is 7.65. The van der Waals surface area contributed by atoms with E-state index in [0.717, 1.165) is 16.1 Å². The molecule has 0 spiro atoms. The first-order valence-electron chi connectivity index (χ1n) is 10.2. The highest BCUT2D eigenvalue weighted by atomic mass is 32.2. The van der Waals surface area contributed by atoms with Gasteiger partial charge in [0.05, 0.1) is 36.5 Å². The van der Waals surface area contributed by atoms with Crippen LogP contribution in [0.25, 0.3) is 0 Å². The van der Waals surface area contributed by atoms with Crippen molar-refractivity contribution in [2.24, 2.45) is 4.99 Å². The average Bonchev–Trinajstić information content (AvgIpc) is 2.80. The fraction of sp³-hybridized carbons (Fsp3) is 0.292. The highest BCUT2D eigenvalue weighted by Gasteiger charge is 2.16. The van der Waals surface area contributed by atoms with E-state index in [1.807, 2.05) is 37.2 Å². The number of anilines is 1. The SMILES string of the molecule is COc1ccc(CSc2nc(N(C)C)ccc2C(=O)N=c2cc(C)n(O)c(C)c2)c(OC)c1. The van der Waals surface area contributed by atoms with Crippen LogP contribution in [0.4, 0.5) is 5.82 Å². The number of hydrogen-bond acceptors (Lipinski definition) is 7. The molecular weight excluding hydrogens is 440 g/mol. The molecule has 0 saturated heterocycles. The van der Waals surface area contributed by atoms with Crippen LogP contribution in [-0.4, -0.2) is 49.1 Å². The summed E-state index contributed by atoms with van der Waals surface area (Å²) in [6.45, 7) is 3.49. The van der Waals surface area contributed by atoms with Crippen molar-refractivity contribution in [3.05, 3.63) is 70.3 Å². The minimum Gasteiger partial charge on any atom is -0.497 e. The molecule has 33 heavy (non-hydrogen) atoms. The predicted molar refractivity (Wildman–Crippen MR) is 129 cm³/mol. The first-order valence-corrected chi connectivity index (χ1v) is 11.2. The van der Waals surface area contributed by atoms with Crippen molar-refractivity contribution in [1.82, 2.24) is 9.71 Å². The van der Waals surface area contributed by atoms with Crippen molar-refractivity contribution in [3.8, 4) is 11.5 Å². The standard InChI is InChI=1S/C24H28N4O4S/c1-15-11-18(12-16(2)28(15)30)25-23(29)20-9-10-22(27(3)4)26-24(20)33-14-17-7-8-19(31-5)13-21(17)32-6/h7-13,30H,14H2,1-6H3. The minimum atomic E-state index is -0.397. The quantitative estimate of drug-likeness (QED) is 0.416. The number of hydrogen-bond donors (Lipinski definition) is 1. The molecule has 2 heterocycles. The normalized spacial score (nSPS) is 10.6. The number of thioether (sulfide) groups is 1. The number of aryl methyl sites for hydroxylation is 2. The third kappa shape index (κ3) is 5.67. The monoisotopic (exact) mass is 468 g/mol. The Bertz CT molecular complexity index is 1210. The van der Waals surface area contributed by atoms with Gasteiger partial charge in [0.25, 0.3) is 5.91 Å². The van der Waals surface area contributed by atoms with Crippen molar-refractivity contribution in [2.75, 3.05) is 33.2 Å². The van der Waals surface area contributed by atoms with Gasteiger partial charge in [-0.15, -0.1) is 11.8 Å². The second kappa shape index (κ2) is 10.4. The van der Waals surface area contributed by atoms with Crippen LogP contribution in [0.3, 0.4) is 0 Å². The number of methoxy groups -OCH3 is 2. The molecule has 0 unspecified atom stereocenters. The number of aromatic nitrogens is 2. The maximum atomic E-state index is 13.1. The molecule has 8 nitrogen and oxygen atoms in total. The summed E-state index contributed by atoms with van der Waals surface area (Å²) in [5.41, 5.74) is 2.54. The zero-order chi connectivity index (χ0) is 24.1. The Labute approximate surface area is 197 Å². The average molecular weight is 469 g/mol. The number of amides is 1. The number of pyridine rings is 2. The third-order valence-electron chi connectivity index (χ3n) is 5.01. The lowest BCUT2D eigenvalue weighted by Gasteiger charge is -2.15. The molecule has 2 aromatic heterocycles. The number of rotatable bonds is 7. The number of nitrogens with zero attached hydrogens (tertiary/aromatic N) is 4. The molecule has 1 amide bonds. The number of ether oxygens (including phenoxy) is 2. The smallest absolute Gasteiger partial charge is 0.280 e. The highest BCUT2D eigenvalue weighted by molar-refractivity contribution is 7.98. The van der Waals surface area contributed by atoms with Crippen LogP contribution in [-0.2, 0) is 5.75 Å². The van der Waals surface area contributed by atoms with Crippen LogP contribution >= 0.6 is 11.8 Å². The molecule has 1 N–H and O–H groups in total. The van der Waals surface area contributed by atoms with E-state index in [4.69, 9.17) is 9.47 Å². The van der Waals surface area contributed by atoms with Crippen molar-refractivity contribution < 1.29 is 19.5 Å². The zero-order valence-electron chi connectivity index (χ0n) is 19.6. The van der Waals surface area contributed by atoms with Crippen LogP contribution < -0.4 is 19.7 Å². The van der Waals surface area contributed by atoms with E-state index in [-0.39, 0.29) is 0 Å². The van der Waals surface area contributed by atoms with Crippen LogP contribution in [0.2, 0.25) is 0 Å². The summed E-state index contributed by atoms with van der Waals surface area (Å²) in [4.78, 5) is 23.9. The molecule has 3 rings (SSSR count). The van der Waals surface area contributed by atoms with Gasteiger partial charge in [-0.3, -0.25) is 4.79 Å². The molecule has 0 saturated carbocycles. The summed E-state index contributed by atoms with van der Waals surface area (Å²) in [6.07, 6.45) is 0. The minimum absolute atomic E-state index is 0.397. The molecule has 0 atom stereocenters. The van der Waals surface area contributed by atoms with Gasteiger partial charge in [-0.05, 0) is 44.2 Å². The lowest BCUT2D eigenvalue weighted by atomic mass is 10.2. The Hall–Kier alpha value is -3.46. The van der Waals surface area contributed by atoms with Gasteiger partial charge in [0, 0.05) is 31.5 Å². The van der Waals surface area contributed by atoms with E-state index in [1.54, 1.807) is 52.3 Å². The van der Waals surface area contributed by atoms with Gasteiger partial charge in [0.2, 0.25) is 0 Å². The maximum Gasteiger partial charge on any atom is 0.280 e. The Balaban J connectivity index is 1.97. The predicted octanol–water partition coefficient (Wildman–Crippen LogP) is 3.85. The van der Waals surface area contributed by atoms with Gasteiger partial charge in [-0.1, -0.05) is 6.07 Å². The Morgan fingerprint density at radius 2 is 1.79 bits per heavy atom. The molecule has 1 aromatic carbocycles. The van der Waals surface area contributed by atoms with E-state index in [9.17, 15) is 10.0 Å². The molecule has 0 bridgehead atoms. The summed E-state index contributed by atoms with van der Waals surface area (Å²) in [5, 5.41) is 11.0. The maximum absolute atomic E-state index is 13.1. The molecular formula is C24H28N4O4S. The molecule has 0 aliphatic rings. The Morgan fingerprint density at radius 3 is 2.39 bits per heavy atom. The summed E-state index contributed by atoms with van der Waals surface area (Å²) in [6, 6.07) is 12.5. The largest absolute Gasteiger partial charge is 0.497 e. The van der Waals surface area contributed by atoms with E-state index in [0.29, 0.717) is 44.6 Å². The Morgan fingerprint density at radius 1 is 1.09 bits per heavy atom. The van der Waals surface area contributed by atoms with E-state index < -0.39 is 5.91 Å². The molecule has 0 aliphatic carbocycles. The number of carbonyl (C=O) groups excluding carboxylic acids is 1. The van der Waals surface area contributed by atoms with Crippen molar-refractivity contribution in [3.63, 3.8) is 0 Å². The van der Waals surface area contributed by atoms with Crippen molar-refractivity contribution in [1.29, 1.82) is 0 Å². The summed E-state index contributed by atoms with van der Waals surface area (Å²) >= 11 is 1.44. The number of benzene rings is 1.